The summed E-state index contributed by atoms with van der Waals surface area (Å²) in [6.45, 7) is 5.20. The third-order valence-corrected chi connectivity index (χ3v) is 5.25. The molecule has 0 spiro atoms. The number of ether oxygens (including phenoxy) is 2. The van der Waals surface area contributed by atoms with E-state index in [0.717, 1.165) is 39.3 Å². The van der Waals surface area contributed by atoms with Crippen LogP contribution in [0.3, 0.4) is 0 Å². The Morgan fingerprint density at radius 1 is 1.15 bits per heavy atom. The zero-order valence-electron chi connectivity index (χ0n) is 18.3. The van der Waals surface area contributed by atoms with Crippen molar-refractivity contribution in [3.05, 3.63) is 53.8 Å². The summed E-state index contributed by atoms with van der Waals surface area (Å²) in [5.41, 5.74) is 1.47. The average Bonchev–Trinajstić information content (AvgIpc) is 3.31. The molecule has 1 saturated heterocycles. The number of anilines is 2. The van der Waals surface area contributed by atoms with Crippen molar-refractivity contribution in [3.8, 4) is 17.2 Å². The first kappa shape index (κ1) is 22.7. The van der Waals surface area contributed by atoms with Crippen LogP contribution < -0.4 is 15.4 Å². The van der Waals surface area contributed by atoms with Crippen LogP contribution in [0, 0.1) is 5.82 Å². The van der Waals surface area contributed by atoms with Gasteiger partial charge in [-0.1, -0.05) is 5.10 Å². The molecule has 174 valence electrons. The molecule has 1 aliphatic heterocycles. The zero-order valence-corrected chi connectivity index (χ0v) is 18.3. The van der Waals surface area contributed by atoms with Gasteiger partial charge >= 0.3 is 6.01 Å². The highest BCUT2D eigenvalue weighted by Crippen LogP contribution is 2.32. The van der Waals surface area contributed by atoms with E-state index < -0.39 is 5.82 Å². The van der Waals surface area contributed by atoms with Gasteiger partial charge in [0.1, 0.15) is 11.6 Å². The van der Waals surface area contributed by atoms with E-state index in [1.54, 1.807) is 18.2 Å². The number of nitrogens with one attached hydrogen (secondary N) is 2. The van der Waals surface area contributed by atoms with Crippen LogP contribution in [0.15, 0.2) is 46.9 Å². The minimum atomic E-state index is -0.400. The van der Waals surface area contributed by atoms with E-state index >= 15 is 0 Å². The summed E-state index contributed by atoms with van der Waals surface area (Å²) >= 11 is 0. The lowest BCUT2D eigenvalue weighted by Gasteiger charge is -2.26. The predicted octanol–water partition coefficient (Wildman–Crippen LogP) is 3.27. The van der Waals surface area contributed by atoms with Crippen molar-refractivity contribution in [2.45, 2.75) is 6.42 Å². The number of halogens is 1. The molecule has 0 radical (unpaired) electrons. The Bertz CT molecular complexity index is 1070. The molecule has 33 heavy (non-hydrogen) atoms. The summed E-state index contributed by atoms with van der Waals surface area (Å²) in [7, 11) is 1.52. The summed E-state index contributed by atoms with van der Waals surface area (Å²) in [6.07, 6.45) is 0.948. The summed E-state index contributed by atoms with van der Waals surface area (Å²) in [5.74, 6) is 0.0163. The molecule has 0 atom stereocenters. The first-order valence-electron chi connectivity index (χ1n) is 10.7. The van der Waals surface area contributed by atoms with Gasteiger partial charge in [0.25, 0.3) is 11.8 Å². The molecular formula is C23H26FN5O4. The zero-order chi connectivity index (χ0) is 23.0. The smallest absolute Gasteiger partial charge is 0.315 e. The van der Waals surface area contributed by atoms with Crippen molar-refractivity contribution in [2.24, 2.45) is 0 Å². The number of morpholine rings is 1. The Morgan fingerprint density at radius 2 is 1.94 bits per heavy atom. The molecule has 1 fully saturated rings. The number of hydrogen-bond donors (Lipinski definition) is 2. The Morgan fingerprint density at radius 3 is 2.70 bits per heavy atom. The second kappa shape index (κ2) is 10.9. The molecule has 1 amide bonds. The van der Waals surface area contributed by atoms with E-state index in [2.05, 4.69) is 25.7 Å². The van der Waals surface area contributed by atoms with Crippen LogP contribution in [0.1, 0.15) is 16.8 Å². The van der Waals surface area contributed by atoms with Gasteiger partial charge in [0.2, 0.25) is 0 Å². The highest BCUT2D eigenvalue weighted by molar-refractivity contribution is 6.04. The number of carbonyl (C=O) groups is 1. The lowest BCUT2D eigenvalue weighted by atomic mass is 10.1. The minimum Gasteiger partial charge on any atom is -0.496 e. The lowest BCUT2D eigenvalue weighted by molar-refractivity contribution is 0.0378. The fraction of sp³-hybridized carbons (Fsp3) is 0.348. The van der Waals surface area contributed by atoms with E-state index in [-0.39, 0.29) is 5.91 Å². The van der Waals surface area contributed by atoms with Gasteiger partial charge < -0.3 is 24.5 Å². The van der Waals surface area contributed by atoms with Gasteiger partial charge in [-0.3, -0.25) is 9.69 Å². The molecular weight excluding hydrogens is 429 g/mol. The molecule has 2 N–H and O–H groups in total. The molecule has 10 heteroatoms. The van der Waals surface area contributed by atoms with Gasteiger partial charge in [0.15, 0.2) is 0 Å². The third kappa shape index (κ3) is 6.05. The molecule has 1 aliphatic rings. The fourth-order valence-corrected chi connectivity index (χ4v) is 3.48. The molecule has 9 nitrogen and oxygen atoms in total. The van der Waals surface area contributed by atoms with Gasteiger partial charge in [-0.2, -0.15) is 0 Å². The highest BCUT2D eigenvalue weighted by Gasteiger charge is 2.16. The van der Waals surface area contributed by atoms with Crippen LogP contribution in [-0.2, 0) is 4.74 Å². The summed E-state index contributed by atoms with van der Waals surface area (Å²) in [4.78, 5) is 14.7. The predicted molar refractivity (Wildman–Crippen MR) is 121 cm³/mol. The lowest BCUT2D eigenvalue weighted by Crippen LogP contribution is -2.37. The monoisotopic (exact) mass is 455 g/mol. The van der Waals surface area contributed by atoms with E-state index in [4.69, 9.17) is 13.9 Å². The molecule has 0 unspecified atom stereocenters. The third-order valence-electron chi connectivity index (χ3n) is 5.25. The molecule has 3 aromatic rings. The van der Waals surface area contributed by atoms with Gasteiger partial charge in [0, 0.05) is 37.0 Å². The highest BCUT2D eigenvalue weighted by atomic mass is 19.1. The van der Waals surface area contributed by atoms with Gasteiger partial charge in [0.05, 0.1) is 25.9 Å². The maximum absolute atomic E-state index is 13.1. The molecule has 2 heterocycles. The van der Waals surface area contributed by atoms with Gasteiger partial charge in [-0.15, -0.1) is 5.10 Å². The van der Waals surface area contributed by atoms with Crippen molar-refractivity contribution >= 4 is 17.6 Å². The Balaban J connectivity index is 1.35. The molecule has 0 aliphatic carbocycles. The normalized spacial score (nSPS) is 14.1. The van der Waals surface area contributed by atoms with Crippen LogP contribution in [0.5, 0.6) is 5.75 Å². The number of rotatable bonds is 9. The Labute approximate surface area is 190 Å². The second-order valence-corrected chi connectivity index (χ2v) is 7.52. The summed E-state index contributed by atoms with van der Waals surface area (Å²) in [5, 5.41) is 14.1. The van der Waals surface area contributed by atoms with Crippen LogP contribution >= 0.6 is 0 Å². The number of nitrogens with zero attached hydrogens (tertiary/aromatic N) is 3. The van der Waals surface area contributed by atoms with Crippen molar-refractivity contribution in [2.75, 3.05) is 57.1 Å². The first-order chi connectivity index (χ1) is 16.1. The SMILES string of the molecule is COc1cc(NC(=O)c2ccc(F)cc2)ccc1-c1nnc(NCCCN2CCOCC2)o1. The van der Waals surface area contributed by atoms with Crippen LogP contribution in [0.25, 0.3) is 11.5 Å². The van der Waals surface area contributed by atoms with Crippen LogP contribution in [0.4, 0.5) is 16.1 Å². The number of amides is 1. The largest absolute Gasteiger partial charge is 0.496 e. The topological polar surface area (TPSA) is 102 Å². The second-order valence-electron chi connectivity index (χ2n) is 7.52. The number of benzene rings is 2. The minimum absolute atomic E-state index is 0.305. The molecule has 4 rings (SSSR count). The van der Waals surface area contributed by atoms with Crippen molar-refractivity contribution in [1.82, 2.24) is 15.1 Å². The first-order valence-corrected chi connectivity index (χ1v) is 10.7. The van der Waals surface area contributed by atoms with E-state index in [0.29, 0.717) is 41.0 Å². The Kier molecular flexibility index (Phi) is 7.48. The standard InChI is InChI=1S/C23H26FN5O4/c1-31-20-15-18(26-21(30)16-3-5-17(24)6-4-16)7-8-19(20)22-27-28-23(33-22)25-9-2-10-29-11-13-32-14-12-29/h3-8,15H,2,9-14H2,1H3,(H,25,28)(H,26,30). The van der Waals surface area contributed by atoms with E-state index in [9.17, 15) is 9.18 Å². The van der Waals surface area contributed by atoms with Crippen LogP contribution in [0.2, 0.25) is 0 Å². The van der Waals surface area contributed by atoms with E-state index in [1.165, 1.54) is 31.4 Å². The van der Waals surface area contributed by atoms with Crippen LogP contribution in [-0.4, -0.2) is 67.5 Å². The van der Waals surface area contributed by atoms with Gasteiger partial charge in [-0.25, -0.2) is 4.39 Å². The van der Waals surface area contributed by atoms with Crippen molar-refractivity contribution in [1.29, 1.82) is 0 Å². The van der Waals surface area contributed by atoms with E-state index in [1.807, 2.05) is 0 Å². The van der Waals surface area contributed by atoms with Gasteiger partial charge in [-0.05, 0) is 49.4 Å². The fourth-order valence-electron chi connectivity index (χ4n) is 3.48. The molecule has 0 saturated carbocycles. The number of hydrogen-bond acceptors (Lipinski definition) is 8. The maximum Gasteiger partial charge on any atom is 0.315 e. The van der Waals surface area contributed by atoms with Crippen molar-refractivity contribution < 1.29 is 23.1 Å². The number of methoxy groups -OCH3 is 1. The summed E-state index contributed by atoms with van der Waals surface area (Å²) in [6, 6.07) is 10.8. The quantitative estimate of drug-likeness (QED) is 0.474. The number of carbonyl (C=O) groups excluding carboxylic acids is 1. The molecule has 1 aromatic heterocycles. The Hall–Kier alpha value is -3.50. The average molecular weight is 455 g/mol. The summed E-state index contributed by atoms with van der Waals surface area (Å²) < 4.78 is 29.6. The maximum atomic E-state index is 13.1. The molecule has 2 aromatic carbocycles. The van der Waals surface area contributed by atoms with Crippen molar-refractivity contribution in [3.63, 3.8) is 0 Å². The molecule has 0 bridgehead atoms. The number of aromatic nitrogens is 2.